The third-order valence-corrected chi connectivity index (χ3v) is 1.73. The molecule has 0 aliphatic rings. The van der Waals surface area contributed by atoms with Gasteiger partial charge < -0.3 is 5.32 Å². The smallest absolute Gasteiger partial charge is 0.0449 e. The van der Waals surface area contributed by atoms with E-state index in [9.17, 15) is 0 Å². The van der Waals surface area contributed by atoms with Crippen LogP contribution in [0.1, 0.15) is 20.8 Å². The molecule has 0 aromatic heterocycles. The van der Waals surface area contributed by atoms with Gasteiger partial charge in [-0.05, 0) is 12.5 Å². The topological polar surface area (TPSA) is 12.0 Å². The fraction of sp³-hybridized carbons (Fsp3) is 0.400. The van der Waals surface area contributed by atoms with Crippen LogP contribution < -0.4 is 5.32 Å². The largest absolute Gasteiger partial charge is 0.388 e. The molecule has 12 heavy (non-hydrogen) atoms. The van der Waals surface area contributed by atoms with E-state index in [0.29, 0.717) is 5.03 Å². The van der Waals surface area contributed by atoms with Gasteiger partial charge in [0.2, 0.25) is 0 Å². The van der Waals surface area contributed by atoms with Gasteiger partial charge in [0.25, 0.3) is 0 Å². The first kappa shape index (κ1) is 13.9. The molecule has 0 heterocycles. The van der Waals surface area contributed by atoms with Crippen LogP contribution in [-0.4, -0.2) is 7.05 Å². The van der Waals surface area contributed by atoms with E-state index in [1.807, 2.05) is 20.8 Å². The van der Waals surface area contributed by atoms with E-state index >= 15 is 0 Å². The molecular weight excluding hydrogens is 170 g/mol. The van der Waals surface area contributed by atoms with Crippen molar-refractivity contribution in [2.75, 3.05) is 7.05 Å². The summed E-state index contributed by atoms with van der Waals surface area (Å²) < 4.78 is 0. The number of nitrogens with one attached hydrogen (secondary N) is 1. The first-order valence-electron chi connectivity index (χ1n) is 3.99. The predicted molar refractivity (Wildman–Crippen MR) is 58.3 cm³/mol. The molecule has 0 aromatic carbocycles. The summed E-state index contributed by atoms with van der Waals surface area (Å²) in [7, 11) is 1.80. The highest BCUT2D eigenvalue weighted by Gasteiger charge is 1.96. The lowest BCUT2D eigenvalue weighted by atomic mass is 10.2. The van der Waals surface area contributed by atoms with Crippen molar-refractivity contribution in [3.8, 4) is 0 Å². The molecule has 1 N–H and O–H groups in total. The molecule has 0 aliphatic heterocycles. The van der Waals surface area contributed by atoms with Crippen LogP contribution in [0.4, 0.5) is 0 Å². The van der Waals surface area contributed by atoms with Crippen LogP contribution in [-0.2, 0) is 0 Å². The lowest BCUT2D eigenvalue weighted by molar-refractivity contribution is 1.00. The van der Waals surface area contributed by atoms with Crippen molar-refractivity contribution in [3.63, 3.8) is 0 Å². The normalized spacial score (nSPS) is 10.4. The Bertz CT molecular complexity index is 180. The average molecular weight is 188 g/mol. The highest BCUT2D eigenvalue weighted by Crippen LogP contribution is 2.14. The molecule has 0 radical (unpaired) electrons. The van der Waals surface area contributed by atoms with Crippen LogP contribution in [0.3, 0.4) is 0 Å². The fourth-order valence-corrected chi connectivity index (χ4v) is 0.599. The second-order valence-corrected chi connectivity index (χ2v) is 2.31. The summed E-state index contributed by atoms with van der Waals surface area (Å²) in [6, 6.07) is 0. The van der Waals surface area contributed by atoms with Gasteiger partial charge in [-0.3, -0.25) is 0 Å². The minimum atomic E-state index is 0.638. The van der Waals surface area contributed by atoms with Crippen LogP contribution in [0, 0.1) is 0 Å². The van der Waals surface area contributed by atoms with Gasteiger partial charge in [-0.2, -0.15) is 0 Å². The minimum Gasteiger partial charge on any atom is -0.388 e. The van der Waals surface area contributed by atoms with Gasteiger partial charge in [-0.25, -0.2) is 0 Å². The SMILES string of the molecule is C=C/C(Cl)=C(/C)C(=C)NC.CC. The van der Waals surface area contributed by atoms with Crippen LogP contribution in [0.2, 0.25) is 0 Å². The fourth-order valence-electron chi connectivity index (χ4n) is 0.485. The van der Waals surface area contributed by atoms with Gasteiger partial charge in [-0.1, -0.05) is 44.7 Å². The number of halogens is 1. The van der Waals surface area contributed by atoms with Crippen molar-refractivity contribution < 1.29 is 0 Å². The molecule has 2 heteroatoms. The molecule has 70 valence electrons. The van der Waals surface area contributed by atoms with Gasteiger partial charge >= 0.3 is 0 Å². The number of hydrogen-bond donors (Lipinski definition) is 1. The molecule has 0 rings (SSSR count). The zero-order valence-corrected chi connectivity index (χ0v) is 9.13. The summed E-state index contributed by atoms with van der Waals surface area (Å²) >= 11 is 5.75. The number of allylic oxidation sites excluding steroid dienone is 3. The van der Waals surface area contributed by atoms with E-state index in [1.165, 1.54) is 0 Å². The molecule has 0 saturated heterocycles. The third kappa shape index (κ3) is 5.03. The Morgan fingerprint density at radius 3 is 2.08 bits per heavy atom. The van der Waals surface area contributed by atoms with Crippen LogP contribution in [0.25, 0.3) is 0 Å². The summed E-state index contributed by atoms with van der Waals surface area (Å²) in [4.78, 5) is 0. The first-order valence-corrected chi connectivity index (χ1v) is 4.37. The molecule has 0 fully saturated rings. The molecule has 0 amide bonds. The van der Waals surface area contributed by atoms with Gasteiger partial charge in [0, 0.05) is 17.8 Å². The van der Waals surface area contributed by atoms with Crippen molar-refractivity contribution in [3.05, 3.63) is 35.5 Å². The molecule has 0 aliphatic carbocycles. The predicted octanol–water partition coefficient (Wildman–Crippen LogP) is 3.44. The Morgan fingerprint density at radius 2 is 1.83 bits per heavy atom. The summed E-state index contributed by atoms with van der Waals surface area (Å²) in [5.74, 6) is 0. The molecule has 0 bridgehead atoms. The summed E-state index contributed by atoms with van der Waals surface area (Å²) in [5, 5.41) is 3.53. The van der Waals surface area contributed by atoms with Crippen molar-refractivity contribution in [2.45, 2.75) is 20.8 Å². The van der Waals surface area contributed by atoms with Crippen molar-refractivity contribution in [2.24, 2.45) is 0 Å². The zero-order valence-electron chi connectivity index (χ0n) is 8.37. The van der Waals surface area contributed by atoms with Crippen LogP contribution in [0.5, 0.6) is 0 Å². The lowest BCUT2D eigenvalue weighted by Gasteiger charge is -2.04. The number of rotatable bonds is 3. The van der Waals surface area contributed by atoms with Gasteiger partial charge in [0.1, 0.15) is 0 Å². The van der Waals surface area contributed by atoms with Gasteiger partial charge in [0.05, 0.1) is 0 Å². The molecule has 0 spiro atoms. The summed E-state index contributed by atoms with van der Waals surface area (Å²) in [6.07, 6.45) is 1.60. The average Bonchev–Trinajstić information content (AvgIpc) is 2.17. The zero-order chi connectivity index (χ0) is 10.1. The van der Waals surface area contributed by atoms with E-state index in [4.69, 9.17) is 11.6 Å². The standard InChI is InChI=1S/C8H12ClN.C2H6/c1-5-8(9)6(2)7(3)10-4;1-2/h5,10H,1,3H2,2,4H3;1-2H3/b8-6+;. The van der Waals surface area contributed by atoms with E-state index in [1.54, 1.807) is 13.1 Å². The Labute approximate surface area is 80.8 Å². The monoisotopic (exact) mass is 187 g/mol. The van der Waals surface area contributed by atoms with Crippen molar-refractivity contribution in [1.29, 1.82) is 0 Å². The molecular formula is C10H18ClN. The Kier molecular flexibility index (Phi) is 9.72. The molecule has 0 atom stereocenters. The van der Waals surface area contributed by atoms with Crippen LogP contribution in [0.15, 0.2) is 35.5 Å². The van der Waals surface area contributed by atoms with Crippen molar-refractivity contribution in [1.82, 2.24) is 5.32 Å². The summed E-state index contributed by atoms with van der Waals surface area (Å²) in [6.45, 7) is 13.2. The Hall–Kier alpha value is -0.690. The second-order valence-electron chi connectivity index (χ2n) is 1.91. The maximum Gasteiger partial charge on any atom is 0.0449 e. The van der Waals surface area contributed by atoms with Gasteiger partial charge in [-0.15, -0.1) is 0 Å². The van der Waals surface area contributed by atoms with Gasteiger partial charge in [0.15, 0.2) is 0 Å². The molecule has 1 nitrogen and oxygen atoms in total. The van der Waals surface area contributed by atoms with Crippen molar-refractivity contribution >= 4 is 11.6 Å². The maximum absolute atomic E-state index is 5.75. The van der Waals surface area contributed by atoms with E-state index < -0.39 is 0 Å². The van der Waals surface area contributed by atoms with E-state index in [-0.39, 0.29) is 0 Å². The number of hydrogen-bond acceptors (Lipinski definition) is 1. The first-order chi connectivity index (χ1) is 5.63. The Morgan fingerprint density at radius 1 is 1.42 bits per heavy atom. The third-order valence-electron chi connectivity index (χ3n) is 1.29. The minimum absolute atomic E-state index is 0.638. The van der Waals surface area contributed by atoms with Crippen LogP contribution >= 0.6 is 11.6 Å². The highest BCUT2D eigenvalue weighted by atomic mass is 35.5. The quantitative estimate of drug-likeness (QED) is 0.668. The molecule has 0 aromatic rings. The highest BCUT2D eigenvalue weighted by molar-refractivity contribution is 6.31. The molecule has 0 unspecified atom stereocenters. The maximum atomic E-state index is 5.75. The second kappa shape index (κ2) is 8.41. The van der Waals surface area contributed by atoms with E-state index in [0.717, 1.165) is 11.3 Å². The Balaban J connectivity index is 0. The lowest BCUT2D eigenvalue weighted by Crippen LogP contribution is -2.05. The molecule has 0 saturated carbocycles. The van der Waals surface area contributed by atoms with E-state index in [2.05, 4.69) is 18.5 Å². The summed E-state index contributed by atoms with van der Waals surface area (Å²) in [5.41, 5.74) is 1.75. The number of likely N-dealkylation sites (N-methyl/N-ethyl adjacent to an activating group) is 1.